The molecule has 2 aromatic rings. The number of hydrogen-bond acceptors (Lipinski definition) is 6. The molecule has 0 radical (unpaired) electrons. The van der Waals surface area contributed by atoms with Crippen molar-refractivity contribution in [3.63, 3.8) is 0 Å². The van der Waals surface area contributed by atoms with Crippen molar-refractivity contribution in [2.45, 2.75) is 13.2 Å². The van der Waals surface area contributed by atoms with Crippen LogP contribution in [0.25, 0.3) is 0 Å². The van der Waals surface area contributed by atoms with E-state index in [0.29, 0.717) is 36.0 Å². The number of nitrogens with one attached hydrogen (secondary N) is 3. The van der Waals surface area contributed by atoms with Gasteiger partial charge in [0, 0.05) is 38.3 Å². The van der Waals surface area contributed by atoms with Gasteiger partial charge in [0.25, 0.3) is 5.69 Å². The van der Waals surface area contributed by atoms with Gasteiger partial charge in [-0.2, -0.15) is 8.78 Å². The summed E-state index contributed by atoms with van der Waals surface area (Å²) < 4.78 is 34.9. The van der Waals surface area contributed by atoms with E-state index in [9.17, 15) is 18.9 Å². The topological polar surface area (TPSA) is 110 Å². The quantitative estimate of drug-likeness (QED) is 0.103. The van der Waals surface area contributed by atoms with Crippen LogP contribution in [-0.4, -0.2) is 44.7 Å². The third kappa shape index (κ3) is 8.39. The third-order valence-corrected chi connectivity index (χ3v) is 3.99. The van der Waals surface area contributed by atoms with Crippen LogP contribution in [0.5, 0.6) is 11.5 Å². The predicted molar refractivity (Wildman–Crippen MR) is 125 cm³/mol. The van der Waals surface area contributed by atoms with E-state index in [1.807, 2.05) is 0 Å². The van der Waals surface area contributed by atoms with Crippen LogP contribution in [0.1, 0.15) is 5.56 Å². The number of nitro groups is 1. The highest BCUT2D eigenvalue weighted by Crippen LogP contribution is 2.25. The van der Waals surface area contributed by atoms with Crippen molar-refractivity contribution in [1.29, 1.82) is 0 Å². The molecule has 0 aliphatic carbocycles. The van der Waals surface area contributed by atoms with Crippen LogP contribution < -0.4 is 25.4 Å². The smallest absolute Gasteiger partial charge is 0.387 e. The summed E-state index contributed by atoms with van der Waals surface area (Å²) >= 11 is 0. The number of rotatable bonds is 10. The number of alkyl halides is 2. The normalized spacial score (nSPS) is 10.8. The van der Waals surface area contributed by atoms with Gasteiger partial charge in [-0.3, -0.25) is 15.1 Å². The summed E-state index contributed by atoms with van der Waals surface area (Å²) in [5.74, 6) is 0.960. The molecule has 0 fully saturated rings. The number of guanidine groups is 1. The van der Waals surface area contributed by atoms with Gasteiger partial charge in [-0.15, -0.1) is 24.0 Å². The molecule has 3 N–H and O–H groups in total. The average Bonchev–Trinajstić information content (AvgIpc) is 2.73. The van der Waals surface area contributed by atoms with E-state index in [-0.39, 0.29) is 42.0 Å². The van der Waals surface area contributed by atoms with Crippen LogP contribution in [0.4, 0.5) is 20.2 Å². The molecule has 0 saturated carbocycles. The van der Waals surface area contributed by atoms with Gasteiger partial charge in [-0.25, -0.2) is 0 Å². The number of ether oxygens (including phenoxy) is 2. The van der Waals surface area contributed by atoms with E-state index >= 15 is 0 Å². The zero-order chi connectivity index (χ0) is 21.9. The molecule has 9 nitrogen and oxygen atoms in total. The third-order valence-electron chi connectivity index (χ3n) is 3.99. The van der Waals surface area contributed by atoms with E-state index in [1.165, 1.54) is 25.3 Å². The number of methoxy groups -OCH3 is 1. The first-order chi connectivity index (χ1) is 14.4. The average molecular weight is 551 g/mol. The highest BCUT2D eigenvalue weighted by molar-refractivity contribution is 14.0. The molecular weight excluding hydrogens is 527 g/mol. The van der Waals surface area contributed by atoms with Crippen molar-refractivity contribution in [1.82, 2.24) is 10.6 Å². The molecule has 0 saturated heterocycles. The zero-order valence-electron chi connectivity index (χ0n) is 16.9. The molecule has 31 heavy (non-hydrogen) atoms. The van der Waals surface area contributed by atoms with Crippen LogP contribution in [-0.2, 0) is 6.54 Å². The number of halogens is 3. The van der Waals surface area contributed by atoms with Gasteiger partial charge in [0.2, 0.25) is 0 Å². The predicted octanol–water partition coefficient (Wildman–Crippen LogP) is 3.60. The SMILES string of the molecule is CN=C(NCCNc1ccccc1[N+](=O)[O-])NCc1cc(OC)ccc1OC(F)F.I. The van der Waals surface area contributed by atoms with Gasteiger partial charge in [0.15, 0.2) is 5.96 Å². The Balaban J connectivity index is 0.00000480. The molecule has 0 aliphatic rings. The molecule has 0 aromatic heterocycles. The first kappa shape index (κ1) is 26.1. The Morgan fingerprint density at radius 2 is 1.94 bits per heavy atom. The molecule has 0 bridgehead atoms. The van der Waals surface area contributed by atoms with Gasteiger partial charge in [0.1, 0.15) is 17.2 Å². The van der Waals surface area contributed by atoms with Crippen molar-refractivity contribution in [3.05, 3.63) is 58.1 Å². The van der Waals surface area contributed by atoms with Gasteiger partial charge >= 0.3 is 6.61 Å². The molecular formula is C19H24F2IN5O4. The zero-order valence-corrected chi connectivity index (χ0v) is 19.3. The highest BCUT2D eigenvalue weighted by atomic mass is 127. The summed E-state index contributed by atoms with van der Waals surface area (Å²) in [7, 11) is 3.04. The lowest BCUT2D eigenvalue weighted by atomic mass is 10.2. The summed E-state index contributed by atoms with van der Waals surface area (Å²) in [6.07, 6.45) is 0. The molecule has 0 unspecified atom stereocenters. The molecule has 0 amide bonds. The number of benzene rings is 2. The minimum absolute atomic E-state index is 0. The molecule has 2 rings (SSSR count). The van der Waals surface area contributed by atoms with Gasteiger partial charge in [-0.05, 0) is 24.3 Å². The summed E-state index contributed by atoms with van der Waals surface area (Å²) in [5, 5.41) is 20.0. The van der Waals surface area contributed by atoms with Crippen molar-refractivity contribution in [3.8, 4) is 11.5 Å². The van der Waals surface area contributed by atoms with Crippen molar-refractivity contribution >= 4 is 41.3 Å². The number of para-hydroxylation sites is 2. The van der Waals surface area contributed by atoms with Crippen LogP contribution in [0.15, 0.2) is 47.5 Å². The number of nitro benzene ring substituents is 1. The van der Waals surface area contributed by atoms with E-state index in [2.05, 4.69) is 25.7 Å². The number of nitrogens with zero attached hydrogens (tertiary/aromatic N) is 2. The summed E-state index contributed by atoms with van der Waals surface area (Å²) in [6.45, 7) is -1.98. The van der Waals surface area contributed by atoms with E-state index in [1.54, 1.807) is 31.3 Å². The molecule has 2 aromatic carbocycles. The van der Waals surface area contributed by atoms with Crippen LogP contribution in [0, 0.1) is 10.1 Å². The van der Waals surface area contributed by atoms with Crippen molar-refractivity contribution in [2.24, 2.45) is 4.99 Å². The fourth-order valence-electron chi connectivity index (χ4n) is 2.59. The first-order valence-electron chi connectivity index (χ1n) is 8.98. The maximum atomic E-state index is 12.6. The van der Waals surface area contributed by atoms with Gasteiger partial charge in [0.05, 0.1) is 12.0 Å². The fourth-order valence-corrected chi connectivity index (χ4v) is 2.59. The lowest BCUT2D eigenvalue weighted by Crippen LogP contribution is -2.39. The number of anilines is 1. The Labute approximate surface area is 195 Å². The minimum Gasteiger partial charge on any atom is -0.497 e. The monoisotopic (exact) mass is 551 g/mol. The summed E-state index contributed by atoms with van der Waals surface area (Å²) in [6, 6.07) is 10.9. The minimum atomic E-state index is -2.94. The molecule has 0 spiro atoms. The van der Waals surface area contributed by atoms with Crippen molar-refractivity contribution in [2.75, 3.05) is 32.6 Å². The molecule has 0 aliphatic heterocycles. The lowest BCUT2D eigenvalue weighted by Gasteiger charge is -2.15. The Morgan fingerprint density at radius 1 is 1.19 bits per heavy atom. The second-order valence-corrected chi connectivity index (χ2v) is 5.91. The van der Waals surface area contributed by atoms with Crippen LogP contribution in [0.3, 0.4) is 0 Å². The summed E-state index contributed by atoms with van der Waals surface area (Å²) in [5.41, 5.74) is 0.873. The van der Waals surface area contributed by atoms with Crippen LogP contribution in [0.2, 0.25) is 0 Å². The maximum absolute atomic E-state index is 12.6. The Kier molecular flexibility index (Phi) is 11.3. The number of hydrogen-bond donors (Lipinski definition) is 3. The molecule has 0 atom stereocenters. The summed E-state index contributed by atoms with van der Waals surface area (Å²) in [4.78, 5) is 14.6. The van der Waals surface area contributed by atoms with Crippen LogP contribution >= 0.6 is 24.0 Å². The standard InChI is InChI=1S/C19H23F2N5O4.HI/c1-22-19(24-10-9-23-15-5-3-4-6-16(15)26(27)28)25-12-13-11-14(29-2)7-8-17(13)30-18(20)21;/h3-8,11,18,23H,9-10,12H2,1-2H3,(H2,22,24,25);1H. The Morgan fingerprint density at radius 3 is 2.58 bits per heavy atom. The largest absolute Gasteiger partial charge is 0.497 e. The fraction of sp³-hybridized carbons (Fsp3) is 0.316. The van der Waals surface area contributed by atoms with E-state index < -0.39 is 11.5 Å². The molecule has 0 heterocycles. The first-order valence-corrected chi connectivity index (χ1v) is 8.98. The second kappa shape index (κ2) is 13.4. The molecule has 12 heteroatoms. The Hall–Kier alpha value is -2.90. The maximum Gasteiger partial charge on any atom is 0.387 e. The Bertz CT molecular complexity index is 886. The van der Waals surface area contributed by atoms with E-state index in [4.69, 9.17) is 4.74 Å². The van der Waals surface area contributed by atoms with Gasteiger partial charge < -0.3 is 25.4 Å². The van der Waals surface area contributed by atoms with Gasteiger partial charge in [-0.1, -0.05) is 12.1 Å². The second-order valence-electron chi connectivity index (χ2n) is 5.91. The van der Waals surface area contributed by atoms with E-state index in [0.717, 1.165) is 0 Å². The highest BCUT2D eigenvalue weighted by Gasteiger charge is 2.13. The molecule has 170 valence electrons. The number of aliphatic imine (C=N–C) groups is 1. The van der Waals surface area contributed by atoms with Crippen molar-refractivity contribution < 1.29 is 23.2 Å². The lowest BCUT2D eigenvalue weighted by molar-refractivity contribution is -0.384.